The van der Waals surface area contributed by atoms with E-state index in [2.05, 4.69) is 43.9 Å². The van der Waals surface area contributed by atoms with Crippen LogP contribution in [0.1, 0.15) is 42.3 Å². The van der Waals surface area contributed by atoms with Gasteiger partial charge in [0.05, 0.1) is 6.54 Å². The fourth-order valence-corrected chi connectivity index (χ4v) is 4.34. The Bertz CT molecular complexity index is 1210. The number of nitrogens with zero attached hydrogens (tertiary/aromatic N) is 5. The summed E-state index contributed by atoms with van der Waals surface area (Å²) in [6.45, 7) is 9.78. The minimum atomic E-state index is -0.345. The van der Waals surface area contributed by atoms with Gasteiger partial charge in [-0.3, -0.25) is 18.8 Å². The van der Waals surface area contributed by atoms with E-state index in [0.29, 0.717) is 24.3 Å². The molecule has 0 bridgehead atoms. The van der Waals surface area contributed by atoms with Crippen molar-refractivity contribution in [1.82, 2.24) is 23.6 Å². The van der Waals surface area contributed by atoms with Crippen molar-refractivity contribution in [2.24, 2.45) is 20.0 Å². The molecule has 0 spiro atoms. The van der Waals surface area contributed by atoms with Gasteiger partial charge in [-0.25, -0.2) is 9.78 Å². The lowest BCUT2D eigenvalue weighted by Crippen LogP contribution is -2.37. The molecule has 4 rings (SSSR count). The molecular weight excluding hydrogens is 378 g/mol. The number of imidazole rings is 1. The molecule has 0 N–H and O–H groups in total. The second kappa shape index (κ2) is 7.87. The molecule has 1 aliphatic heterocycles. The first kappa shape index (κ1) is 20.6. The summed E-state index contributed by atoms with van der Waals surface area (Å²) in [6, 6.07) is 6.38. The van der Waals surface area contributed by atoms with E-state index in [9.17, 15) is 9.59 Å². The molecule has 0 atom stereocenters. The lowest BCUT2D eigenvalue weighted by atomic mass is 9.99. The van der Waals surface area contributed by atoms with Crippen molar-refractivity contribution < 1.29 is 0 Å². The number of piperidine rings is 1. The topological polar surface area (TPSA) is 65.1 Å². The fraction of sp³-hybridized carbons (Fsp3) is 0.522. The third-order valence-corrected chi connectivity index (χ3v) is 6.50. The molecule has 7 nitrogen and oxygen atoms in total. The Labute approximate surface area is 176 Å². The Balaban J connectivity index is 1.87. The van der Waals surface area contributed by atoms with Crippen LogP contribution in [0, 0.1) is 19.8 Å². The minimum absolute atomic E-state index is 0.288. The van der Waals surface area contributed by atoms with E-state index in [0.717, 1.165) is 24.8 Å². The Kier molecular flexibility index (Phi) is 5.40. The zero-order chi connectivity index (χ0) is 21.6. The van der Waals surface area contributed by atoms with Crippen molar-refractivity contribution in [3.05, 3.63) is 61.6 Å². The Morgan fingerprint density at radius 3 is 2.43 bits per heavy atom. The summed E-state index contributed by atoms with van der Waals surface area (Å²) in [5.41, 5.74) is 3.87. The summed E-state index contributed by atoms with van der Waals surface area (Å²) in [5.74, 6) is 1.60. The summed E-state index contributed by atoms with van der Waals surface area (Å²) >= 11 is 0. The minimum Gasteiger partial charge on any atom is -0.317 e. The molecule has 1 saturated heterocycles. The van der Waals surface area contributed by atoms with Crippen molar-refractivity contribution >= 4 is 11.2 Å². The molecule has 160 valence electrons. The second-order valence-electron chi connectivity index (χ2n) is 8.88. The van der Waals surface area contributed by atoms with Crippen molar-refractivity contribution in [1.29, 1.82) is 0 Å². The van der Waals surface area contributed by atoms with Gasteiger partial charge in [-0.05, 0) is 56.8 Å². The van der Waals surface area contributed by atoms with Gasteiger partial charge < -0.3 is 4.57 Å². The lowest BCUT2D eigenvalue weighted by Gasteiger charge is -2.30. The Morgan fingerprint density at radius 2 is 1.73 bits per heavy atom. The van der Waals surface area contributed by atoms with Crippen LogP contribution in [0.2, 0.25) is 0 Å². The van der Waals surface area contributed by atoms with E-state index in [-0.39, 0.29) is 11.2 Å². The largest absolute Gasteiger partial charge is 0.332 e. The first-order valence-electron chi connectivity index (χ1n) is 10.7. The molecule has 0 unspecified atom stereocenters. The molecule has 2 aromatic heterocycles. The molecule has 0 saturated carbocycles. The van der Waals surface area contributed by atoms with Gasteiger partial charge >= 0.3 is 5.69 Å². The smallest absolute Gasteiger partial charge is 0.317 e. The molecule has 3 aromatic rings. The normalized spacial score (nSPS) is 15.9. The molecule has 0 amide bonds. The summed E-state index contributed by atoms with van der Waals surface area (Å²) < 4.78 is 4.69. The summed E-state index contributed by atoms with van der Waals surface area (Å²) in [7, 11) is 3.22. The molecule has 1 aliphatic rings. The van der Waals surface area contributed by atoms with Gasteiger partial charge in [0.15, 0.2) is 11.2 Å². The maximum atomic E-state index is 13.1. The van der Waals surface area contributed by atoms with Crippen LogP contribution in [0.15, 0.2) is 27.8 Å². The first-order valence-corrected chi connectivity index (χ1v) is 10.7. The third-order valence-electron chi connectivity index (χ3n) is 6.50. The van der Waals surface area contributed by atoms with Crippen LogP contribution in [0.5, 0.6) is 0 Å². The molecule has 1 fully saturated rings. The molecule has 3 heterocycles. The second-order valence-corrected chi connectivity index (χ2v) is 8.88. The van der Waals surface area contributed by atoms with Gasteiger partial charge in [-0.1, -0.05) is 30.7 Å². The van der Waals surface area contributed by atoms with Gasteiger partial charge in [0.1, 0.15) is 5.82 Å². The van der Waals surface area contributed by atoms with E-state index >= 15 is 0 Å². The number of aromatic nitrogens is 4. The van der Waals surface area contributed by atoms with Gasteiger partial charge in [-0.2, -0.15) is 0 Å². The molecule has 0 aliphatic carbocycles. The number of fused-ring (bicyclic) bond motifs is 1. The highest BCUT2D eigenvalue weighted by molar-refractivity contribution is 5.71. The first-order chi connectivity index (χ1) is 14.3. The van der Waals surface area contributed by atoms with Gasteiger partial charge in [0.25, 0.3) is 5.56 Å². The molecular formula is C23H31N5O2. The third kappa shape index (κ3) is 3.62. The van der Waals surface area contributed by atoms with E-state index in [1.807, 2.05) is 4.57 Å². The van der Waals surface area contributed by atoms with Crippen LogP contribution in [0.3, 0.4) is 0 Å². The number of rotatable bonds is 4. The molecule has 7 heteroatoms. The molecule has 30 heavy (non-hydrogen) atoms. The predicted molar refractivity (Wildman–Crippen MR) is 119 cm³/mol. The van der Waals surface area contributed by atoms with E-state index in [4.69, 9.17) is 4.98 Å². The number of hydrogen-bond acceptors (Lipinski definition) is 4. The maximum Gasteiger partial charge on any atom is 0.332 e. The average molecular weight is 410 g/mol. The predicted octanol–water partition coefficient (Wildman–Crippen LogP) is 2.33. The summed E-state index contributed by atoms with van der Waals surface area (Å²) in [4.78, 5) is 32.8. The zero-order valence-corrected chi connectivity index (χ0v) is 18.6. The van der Waals surface area contributed by atoms with E-state index in [1.165, 1.54) is 45.7 Å². The van der Waals surface area contributed by atoms with Gasteiger partial charge in [0, 0.05) is 20.6 Å². The number of aryl methyl sites for hydroxylation is 3. The highest BCUT2D eigenvalue weighted by Crippen LogP contribution is 2.21. The molecule has 1 aromatic carbocycles. The van der Waals surface area contributed by atoms with E-state index in [1.54, 1.807) is 7.05 Å². The van der Waals surface area contributed by atoms with Gasteiger partial charge in [-0.15, -0.1) is 0 Å². The monoisotopic (exact) mass is 409 g/mol. The van der Waals surface area contributed by atoms with Crippen molar-refractivity contribution in [2.45, 2.75) is 46.7 Å². The lowest BCUT2D eigenvalue weighted by molar-refractivity contribution is 0.180. The zero-order valence-electron chi connectivity index (χ0n) is 18.6. The summed E-state index contributed by atoms with van der Waals surface area (Å²) in [5, 5.41) is 0. The van der Waals surface area contributed by atoms with Crippen molar-refractivity contribution in [2.75, 3.05) is 13.1 Å². The van der Waals surface area contributed by atoms with Crippen LogP contribution in [0.4, 0.5) is 0 Å². The Morgan fingerprint density at radius 1 is 1.03 bits per heavy atom. The van der Waals surface area contributed by atoms with Crippen molar-refractivity contribution in [3.63, 3.8) is 0 Å². The summed E-state index contributed by atoms with van der Waals surface area (Å²) in [6.07, 6.45) is 2.36. The van der Waals surface area contributed by atoms with Crippen LogP contribution in [0.25, 0.3) is 11.2 Å². The molecule has 0 radical (unpaired) electrons. The standard InChI is InChI=1S/C23H31N5O2/c1-15-8-10-27(11-9-15)14-19-24-21-20(22(29)26(5)23(30)25(21)4)28(19)13-18-12-16(2)6-7-17(18)3/h6-7,12,15H,8-11,13-14H2,1-5H3. The average Bonchev–Trinajstić information content (AvgIpc) is 3.07. The fourth-order valence-electron chi connectivity index (χ4n) is 4.34. The van der Waals surface area contributed by atoms with Crippen LogP contribution in [-0.2, 0) is 27.2 Å². The number of likely N-dealkylation sites (tertiary alicyclic amines) is 1. The van der Waals surface area contributed by atoms with E-state index < -0.39 is 0 Å². The highest BCUT2D eigenvalue weighted by atomic mass is 16.2. The van der Waals surface area contributed by atoms with Crippen molar-refractivity contribution in [3.8, 4) is 0 Å². The SMILES string of the molecule is Cc1ccc(C)c(Cn2c(CN3CCC(C)CC3)nc3c2c(=O)n(C)c(=O)n3C)c1. The maximum absolute atomic E-state index is 13.1. The highest BCUT2D eigenvalue weighted by Gasteiger charge is 2.23. The quantitative estimate of drug-likeness (QED) is 0.663. The Hall–Kier alpha value is -2.67. The van der Waals surface area contributed by atoms with Gasteiger partial charge in [0.2, 0.25) is 0 Å². The number of benzene rings is 1. The van der Waals surface area contributed by atoms with Crippen LogP contribution >= 0.6 is 0 Å². The van der Waals surface area contributed by atoms with Crippen LogP contribution in [-0.4, -0.2) is 36.7 Å². The number of hydrogen-bond donors (Lipinski definition) is 0. The van der Waals surface area contributed by atoms with Crippen LogP contribution < -0.4 is 11.2 Å².